The first-order chi connectivity index (χ1) is 14.0. The third-order valence-corrected chi connectivity index (χ3v) is 6.83. The van der Waals surface area contributed by atoms with Gasteiger partial charge in [-0.1, -0.05) is 33.9 Å². The minimum Gasteiger partial charge on any atom is -0.393 e. The number of imide groups is 1. The van der Waals surface area contributed by atoms with Gasteiger partial charge in [0.05, 0.1) is 12.8 Å². The standard InChI is InChI=1S/C21H27BrN4O3/c22-16-3-8-23-18(13-16)25-10-4-17(5-11-25)29-24-9-12-26-19(27)14-21(15-20(26)28)6-1-2-7-21/h3,8-9,13,17H,1-2,4-7,10-12,14-15H2/b24-9+. The number of piperidine rings is 2. The molecule has 3 aliphatic rings. The van der Waals surface area contributed by atoms with E-state index in [-0.39, 0.29) is 29.9 Å². The first kappa shape index (κ1) is 20.3. The Kier molecular flexibility index (Phi) is 6.18. The summed E-state index contributed by atoms with van der Waals surface area (Å²) in [6, 6.07) is 3.93. The highest BCUT2D eigenvalue weighted by Crippen LogP contribution is 2.46. The fourth-order valence-electron chi connectivity index (χ4n) is 4.72. The summed E-state index contributed by atoms with van der Waals surface area (Å²) in [5, 5.41) is 4.05. The van der Waals surface area contributed by atoms with E-state index in [9.17, 15) is 9.59 Å². The second-order valence-corrected chi connectivity index (χ2v) is 9.29. The van der Waals surface area contributed by atoms with Gasteiger partial charge in [0.1, 0.15) is 11.9 Å². The number of amides is 2. The number of pyridine rings is 1. The highest BCUT2D eigenvalue weighted by atomic mass is 79.9. The van der Waals surface area contributed by atoms with Crippen molar-refractivity contribution in [3.8, 4) is 0 Å². The van der Waals surface area contributed by atoms with Crippen LogP contribution in [0.1, 0.15) is 51.4 Å². The third kappa shape index (κ3) is 4.79. The molecule has 1 spiro atoms. The van der Waals surface area contributed by atoms with Crippen LogP contribution in [-0.2, 0) is 14.4 Å². The van der Waals surface area contributed by atoms with E-state index in [4.69, 9.17) is 4.84 Å². The maximum Gasteiger partial charge on any atom is 0.230 e. The zero-order valence-corrected chi connectivity index (χ0v) is 18.1. The van der Waals surface area contributed by atoms with Gasteiger partial charge in [0.25, 0.3) is 0 Å². The maximum atomic E-state index is 12.4. The molecule has 1 aromatic rings. The highest BCUT2D eigenvalue weighted by molar-refractivity contribution is 9.10. The Labute approximate surface area is 179 Å². The third-order valence-electron chi connectivity index (χ3n) is 6.34. The van der Waals surface area contributed by atoms with Crippen LogP contribution >= 0.6 is 15.9 Å². The monoisotopic (exact) mass is 462 g/mol. The number of rotatable bonds is 5. The van der Waals surface area contributed by atoms with Crippen LogP contribution in [0, 0.1) is 5.41 Å². The van der Waals surface area contributed by atoms with Gasteiger partial charge >= 0.3 is 0 Å². The second-order valence-electron chi connectivity index (χ2n) is 8.37. The molecule has 1 aliphatic carbocycles. The van der Waals surface area contributed by atoms with Gasteiger partial charge < -0.3 is 9.74 Å². The summed E-state index contributed by atoms with van der Waals surface area (Å²) in [5.74, 6) is 0.831. The second kappa shape index (κ2) is 8.81. The van der Waals surface area contributed by atoms with Crippen LogP contribution in [-0.4, -0.2) is 53.7 Å². The lowest BCUT2D eigenvalue weighted by molar-refractivity contribution is -0.152. The molecule has 2 saturated heterocycles. The molecule has 2 amide bonds. The summed E-state index contributed by atoms with van der Waals surface area (Å²) in [4.78, 5) is 38.5. The molecule has 7 nitrogen and oxygen atoms in total. The Morgan fingerprint density at radius 2 is 1.90 bits per heavy atom. The molecule has 8 heteroatoms. The Morgan fingerprint density at radius 1 is 1.21 bits per heavy atom. The van der Waals surface area contributed by atoms with Crippen LogP contribution in [0.4, 0.5) is 5.82 Å². The van der Waals surface area contributed by atoms with Crippen LogP contribution < -0.4 is 4.90 Å². The molecule has 3 heterocycles. The summed E-state index contributed by atoms with van der Waals surface area (Å²) in [6.45, 7) is 1.91. The largest absolute Gasteiger partial charge is 0.393 e. The zero-order valence-electron chi connectivity index (χ0n) is 16.6. The molecule has 1 aromatic heterocycles. The summed E-state index contributed by atoms with van der Waals surface area (Å²) >= 11 is 3.48. The fourth-order valence-corrected chi connectivity index (χ4v) is 5.04. The lowest BCUT2D eigenvalue weighted by atomic mass is 9.76. The summed E-state index contributed by atoms with van der Waals surface area (Å²) < 4.78 is 1.02. The van der Waals surface area contributed by atoms with Crippen molar-refractivity contribution in [2.45, 2.75) is 57.5 Å². The molecule has 156 valence electrons. The van der Waals surface area contributed by atoms with Crippen LogP contribution in [0.25, 0.3) is 0 Å². The van der Waals surface area contributed by atoms with Gasteiger partial charge in [-0.15, -0.1) is 0 Å². The predicted octanol–water partition coefficient (Wildman–Crippen LogP) is 3.52. The molecule has 4 rings (SSSR count). The Morgan fingerprint density at radius 3 is 2.55 bits per heavy atom. The van der Waals surface area contributed by atoms with E-state index < -0.39 is 0 Å². The zero-order chi connectivity index (χ0) is 20.3. The molecule has 2 aliphatic heterocycles. The minimum absolute atomic E-state index is 0.0455. The number of nitrogens with zero attached hydrogens (tertiary/aromatic N) is 4. The highest BCUT2D eigenvalue weighted by Gasteiger charge is 2.44. The number of anilines is 1. The number of oxime groups is 1. The predicted molar refractivity (Wildman–Crippen MR) is 114 cm³/mol. The number of hydrogen-bond donors (Lipinski definition) is 0. The van der Waals surface area contributed by atoms with Gasteiger partial charge in [-0.3, -0.25) is 14.5 Å². The fraction of sp³-hybridized carbons (Fsp3) is 0.619. The molecule has 1 saturated carbocycles. The van der Waals surface area contributed by atoms with E-state index in [0.717, 1.165) is 61.9 Å². The molecular weight excluding hydrogens is 436 g/mol. The summed E-state index contributed by atoms with van der Waals surface area (Å²) in [7, 11) is 0. The van der Waals surface area contributed by atoms with Gasteiger partial charge in [-0.25, -0.2) is 4.98 Å². The number of hydrogen-bond acceptors (Lipinski definition) is 6. The van der Waals surface area contributed by atoms with Crippen molar-refractivity contribution in [2.75, 3.05) is 24.5 Å². The minimum atomic E-state index is -0.0653. The average Bonchev–Trinajstić information content (AvgIpc) is 3.14. The van der Waals surface area contributed by atoms with Crippen LogP contribution in [0.3, 0.4) is 0 Å². The molecule has 29 heavy (non-hydrogen) atoms. The molecule has 0 atom stereocenters. The average molecular weight is 463 g/mol. The molecule has 0 aromatic carbocycles. The van der Waals surface area contributed by atoms with E-state index in [1.807, 2.05) is 12.1 Å². The van der Waals surface area contributed by atoms with Gasteiger partial charge in [0.15, 0.2) is 0 Å². The first-order valence-electron chi connectivity index (χ1n) is 10.4. The van der Waals surface area contributed by atoms with Crippen LogP contribution in [0.2, 0.25) is 0 Å². The molecular formula is C21H27BrN4O3. The Balaban J connectivity index is 1.21. The van der Waals surface area contributed by atoms with Crippen molar-refractivity contribution in [3.05, 3.63) is 22.8 Å². The lowest BCUT2D eigenvalue weighted by Crippen LogP contribution is -2.47. The molecule has 0 unspecified atom stereocenters. The van der Waals surface area contributed by atoms with Crippen molar-refractivity contribution in [1.29, 1.82) is 0 Å². The summed E-state index contributed by atoms with van der Waals surface area (Å²) in [6.07, 6.45) is 10.4. The summed E-state index contributed by atoms with van der Waals surface area (Å²) in [5.41, 5.74) is -0.0600. The SMILES string of the molecule is O=C1CC2(CCCC2)CC(=O)N1C/C=N/OC1CCN(c2cc(Br)ccn2)CC1. The number of halogens is 1. The van der Waals surface area contributed by atoms with Gasteiger partial charge in [-0.2, -0.15) is 0 Å². The van der Waals surface area contributed by atoms with Gasteiger partial charge in [0.2, 0.25) is 11.8 Å². The van der Waals surface area contributed by atoms with Crippen molar-refractivity contribution in [2.24, 2.45) is 10.6 Å². The van der Waals surface area contributed by atoms with E-state index in [1.54, 1.807) is 12.4 Å². The Bertz CT molecular complexity index is 766. The normalized spacial score (nSPS) is 22.8. The molecule has 3 fully saturated rings. The maximum absolute atomic E-state index is 12.4. The van der Waals surface area contributed by atoms with Crippen LogP contribution in [0.15, 0.2) is 28.0 Å². The van der Waals surface area contributed by atoms with Crippen molar-refractivity contribution in [1.82, 2.24) is 9.88 Å². The van der Waals surface area contributed by atoms with Crippen molar-refractivity contribution < 1.29 is 14.4 Å². The van der Waals surface area contributed by atoms with Crippen molar-refractivity contribution in [3.63, 3.8) is 0 Å². The molecule has 0 radical (unpaired) electrons. The Hall–Kier alpha value is -1.96. The number of carbonyl (C=O) groups is 2. The van der Waals surface area contributed by atoms with Crippen molar-refractivity contribution >= 4 is 39.8 Å². The van der Waals surface area contributed by atoms with E-state index in [1.165, 1.54) is 4.90 Å². The first-order valence-corrected chi connectivity index (χ1v) is 11.2. The lowest BCUT2D eigenvalue weighted by Gasteiger charge is -2.36. The molecule has 0 N–H and O–H groups in total. The van der Waals surface area contributed by atoms with E-state index >= 15 is 0 Å². The van der Waals surface area contributed by atoms with E-state index in [0.29, 0.717) is 12.8 Å². The number of aromatic nitrogens is 1. The topological polar surface area (TPSA) is 75.1 Å². The van der Waals surface area contributed by atoms with Gasteiger partial charge in [0, 0.05) is 49.4 Å². The van der Waals surface area contributed by atoms with Gasteiger partial charge in [-0.05, 0) is 30.4 Å². The quantitative estimate of drug-likeness (QED) is 0.380. The number of carbonyl (C=O) groups excluding carboxylic acids is 2. The number of likely N-dealkylation sites (tertiary alicyclic amines) is 1. The smallest absolute Gasteiger partial charge is 0.230 e. The van der Waals surface area contributed by atoms with Crippen LogP contribution in [0.5, 0.6) is 0 Å². The van der Waals surface area contributed by atoms with E-state index in [2.05, 4.69) is 31.0 Å². The molecule has 0 bridgehead atoms.